The molecule has 1 atom stereocenters. The summed E-state index contributed by atoms with van der Waals surface area (Å²) in [4.78, 5) is 35.6. The minimum atomic E-state index is -1.47. The van der Waals surface area contributed by atoms with E-state index in [2.05, 4.69) is 21.2 Å². The number of hydrogen-bond donors (Lipinski definition) is 1. The molecule has 3 aromatic carbocycles. The number of rotatable bonds is 6. The summed E-state index contributed by atoms with van der Waals surface area (Å²) in [7, 11) is 0. The molecule has 0 radical (unpaired) electrons. The maximum absolute atomic E-state index is 14.0. The monoisotopic (exact) mass is 490 g/mol. The molecule has 0 bridgehead atoms. The fraction of sp³-hybridized carbons (Fsp3) is 0.0476. The van der Waals surface area contributed by atoms with Crippen molar-refractivity contribution >= 4 is 39.2 Å². The highest BCUT2D eigenvalue weighted by Crippen LogP contribution is 2.29. The van der Waals surface area contributed by atoms with Crippen LogP contribution in [0, 0.1) is 21.7 Å². The highest BCUT2D eigenvalue weighted by Gasteiger charge is 2.27. The number of benzene rings is 3. The summed E-state index contributed by atoms with van der Waals surface area (Å²) in [6.07, 6.45) is -1.47. The summed E-state index contributed by atoms with van der Waals surface area (Å²) < 4.78 is 32.6. The van der Waals surface area contributed by atoms with E-state index < -0.39 is 40.1 Å². The van der Waals surface area contributed by atoms with Crippen molar-refractivity contribution in [2.75, 3.05) is 5.32 Å². The number of nitro groups is 1. The number of carbonyl (C=O) groups is 2. The predicted octanol–water partition coefficient (Wildman–Crippen LogP) is 5.17. The number of nitro benzene ring substituents is 1. The SMILES string of the molecule is O=C(OC(C(=O)Nc1ccc([N+](=O)[O-])cc1Br)c1ccccc1)c1ccc(F)cc1F. The molecule has 0 fully saturated rings. The molecule has 31 heavy (non-hydrogen) atoms. The molecule has 0 spiro atoms. The van der Waals surface area contributed by atoms with Crippen molar-refractivity contribution in [2.45, 2.75) is 6.10 Å². The van der Waals surface area contributed by atoms with Crippen molar-refractivity contribution in [3.05, 3.63) is 104 Å². The zero-order chi connectivity index (χ0) is 22.5. The van der Waals surface area contributed by atoms with Gasteiger partial charge in [-0.1, -0.05) is 30.3 Å². The lowest BCUT2D eigenvalue weighted by atomic mass is 10.1. The Morgan fingerprint density at radius 2 is 1.74 bits per heavy atom. The molecule has 0 saturated heterocycles. The van der Waals surface area contributed by atoms with Crippen molar-refractivity contribution < 1.29 is 28.0 Å². The Balaban J connectivity index is 1.88. The van der Waals surface area contributed by atoms with Crippen LogP contribution in [0.15, 0.2) is 71.2 Å². The first-order chi connectivity index (χ1) is 14.8. The number of non-ortho nitro benzene ring substituents is 1. The van der Waals surface area contributed by atoms with E-state index in [4.69, 9.17) is 4.74 Å². The van der Waals surface area contributed by atoms with Gasteiger partial charge >= 0.3 is 5.97 Å². The molecule has 0 heterocycles. The Morgan fingerprint density at radius 3 is 2.35 bits per heavy atom. The normalized spacial score (nSPS) is 11.5. The average molecular weight is 491 g/mol. The number of halogens is 3. The van der Waals surface area contributed by atoms with Gasteiger partial charge in [-0.25, -0.2) is 13.6 Å². The summed E-state index contributed by atoms with van der Waals surface area (Å²) in [6, 6.07) is 14.0. The van der Waals surface area contributed by atoms with Crippen molar-refractivity contribution in [3.63, 3.8) is 0 Å². The van der Waals surface area contributed by atoms with Crippen LogP contribution in [0.3, 0.4) is 0 Å². The molecule has 1 unspecified atom stereocenters. The highest BCUT2D eigenvalue weighted by atomic mass is 79.9. The highest BCUT2D eigenvalue weighted by molar-refractivity contribution is 9.10. The van der Waals surface area contributed by atoms with Gasteiger partial charge in [0.25, 0.3) is 11.6 Å². The lowest BCUT2D eigenvalue weighted by Gasteiger charge is -2.19. The standard InChI is InChI=1S/C21H13BrF2N2O5/c22-16-11-14(26(29)30)7-9-18(16)25-20(27)19(12-4-2-1-3-5-12)31-21(28)15-8-6-13(23)10-17(15)24/h1-11,19H,(H,25,27). The van der Waals surface area contributed by atoms with Gasteiger partial charge in [0, 0.05) is 28.2 Å². The summed E-state index contributed by atoms with van der Waals surface area (Å²) in [5, 5.41) is 13.4. The van der Waals surface area contributed by atoms with Crippen molar-refractivity contribution in [3.8, 4) is 0 Å². The zero-order valence-electron chi connectivity index (χ0n) is 15.6. The van der Waals surface area contributed by atoms with Gasteiger partial charge in [-0.3, -0.25) is 14.9 Å². The van der Waals surface area contributed by atoms with Gasteiger partial charge in [-0.2, -0.15) is 0 Å². The fourth-order valence-electron chi connectivity index (χ4n) is 2.64. The summed E-state index contributed by atoms with van der Waals surface area (Å²) >= 11 is 3.14. The number of carbonyl (C=O) groups excluding carboxylic acids is 2. The second kappa shape index (κ2) is 9.43. The molecule has 7 nitrogen and oxygen atoms in total. The minimum absolute atomic E-state index is 0.192. The lowest BCUT2D eigenvalue weighted by Crippen LogP contribution is -2.26. The number of esters is 1. The van der Waals surface area contributed by atoms with Gasteiger partial charge in [0.2, 0.25) is 6.10 Å². The Hall–Kier alpha value is -3.66. The maximum atomic E-state index is 14.0. The molecule has 1 N–H and O–H groups in total. The van der Waals surface area contributed by atoms with E-state index in [1.165, 1.54) is 30.3 Å². The molecule has 3 rings (SSSR count). The summed E-state index contributed by atoms with van der Waals surface area (Å²) in [5.74, 6) is -3.94. The molecule has 0 aromatic heterocycles. The lowest BCUT2D eigenvalue weighted by molar-refractivity contribution is -0.384. The molecule has 1 amide bonds. The molecule has 0 saturated carbocycles. The Kier molecular flexibility index (Phi) is 6.71. The Labute approximate surface area is 182 Å². The quantitative estimate of drug-likeness (QED) is 0.292. The van der Waals surface area contributed by atoms with Crippen molar-refractivity contribution in [2.24, 2.45) is 0 Å². The van der Waals surface area contributed by atoms with E-state index in [9.17, 15) is 28.5 Å². The van der Waals surface area contributed by atoms with Crippen LogP contribution in [-0.2, 0) is 9.53 Å². The van der Waals surface area contributed by atoms with Crippen LogP contribution >= 0.6 is 15.9 Å². The van der Waals surface area contributed by atoms with Crippen LogP contribution in [-0.4, -0.2) is 16.8 Å². The molecule has 158 valence electrons. The molecule has 0 aliphatic heterocycles. The van der Waals surface area contributed by atoms with Gasteiger partial charge in [0.05, 0.1) is 16.2 Å². The largest absolute Gasteiger partial charge is 0.444 e. The summed E-state index contributed by atoms with van der Waals surface area (Å²) in [6.45, 7) is 0. The van der Waals surface area contributed by atoms with Crippen LogP contribution in [0.1, 0.15) is 22.0 Å². The third kappa shape index (κ3) is 5.28. The molecule has 3 aromatic rings. The van der Waals surface area contributed by atoms with Gasteiger partial charge < -0.3 is 10.1 Å². The third-order valence-electron chi connectivity index (χ3n) is 4.14. The maximum Gasteiger partial charge on any atom is 0.342 e. The van der Waals surface area contributed by atoms with Gasteiger partial charge in [0.15, 0.2) is 0 Å². The van der Waals surface area contributed by atoms with Gasteiger partial charge in [0.1, 0.15) is 11.6 Å². The van der Waals surface area contributed by atoms with E-state index in [1.807, 2.05) is 0 Å². The zero-order valence-corrected chi connectivity index (χ0v) is 17.1. The first kappa shape index (κ1) is 22.0. The predicted molar refractivity (Wildman–Crippen MR) is 110 cm³/mol. The molecule has 10 heteroatoms. The Bertz CT molecular complexity index is 1160. The number of hydrogen-bond acceptors (Lipinski definition) is 5. The number of ether oxygens (including phenoxy) is 1. The van der Waals surface area contributed by atoms with E-state index in [0.29, 0.717) is 11.6 Å². The van der Waals surface area contributed by atoms with E-state index >= 15 is 0 Å². The van der Waals surface area contributed by atoms with E-state index in [1.54, 1.807) is 18.2 Å². The minimum Gasteiger partial charge on any atom is -0.444 e. The second-order valence-electron chi connectivity index (χ2n) is 6.23. The number of nitrogens with one attached hydrogen (secondary N) is 1. The first-order valence-electron chi connectivity index (χ1n) is 8.72. The third-order valence-corrected chi connectivity index (χ3v) is 4.79. The van der Waals surface area contributed by atoms with E-state index in [-0.39, 0.29) is 15.8 Å². The topological polar surface area (TPSA) is 98.5 Å². The van der Waals surface area contributed by atoms with E-state index in [0.717, 1.165) is 12.1 Å². The smallest absolute Gasteiger partial charge is 0.342 e. The second-order valence-corrected chi connectivity index (χ2v) is 7.09. The molecule has 0 aliphatic rings. The van der Waals surface area contributed by atoms with Crippen LogP contribution in [0.5, 0.6) is 0 Å². The molecular weight excluding hydrogens is 478 g/mol. The van der Waals surface area contributed by atoms with Gasteiger partial charge in [-0.05, 0) is 34.1 Å². The van der Waals surface area contributed by atoms with Crippen LogP contribution in [0.2, 0.25) is 0 Å². The van der Waals surface area contributed by atoms with Crippen LogP contribution in [0.25, 0.3) is 0 Å². The van der Waals surface area contributed by atoms with Crippen molar-refractivity contribution in [1.29, 1.82) is 0 Å². The van der Waals surface area contributed by atoms with Crippen LogP contribution in [0.4, 0.5) is 20.2 Å². The molecular formula is C21H13BrF2N2O5. The van der Waals surface area contributed by atoms with Gasteiger partial charge in [-0.15, -0.1) is 0 Å². The average Bonchev–Trinajstić information content (AvgIpc) is 2.73. The van der Waals surface area contributed by atoms with Crippen LogP contribution < -0.4 is 5.32 Å². The summed E-state index contributed by atoms with van der Waals surface area (Å²) in [5.41, 5.74) is -0.233. The number of amides is 1. The molecule has 0 aliphatic carbocycles. The van der Waals surface area contributed by atoms with Crippen molar-refractivity contribution in [1.82, 2.24) is 0 Å². The Morgan fingerprint density at radius 1 is 1.03 bits per heavy atom. The fourth-order valence-corrected chi connectivity index (χ4v) is 3.11. The number of anilines is 1. The first-order valence-corrected chi connectivity index (χ1v) is 9.51. The number of nitrogens with zero attached hydrogens (tertiary/aromatic N) is 1.